The van der Waals surface area contributed by atoms with Crippen LogP contribution in [0.15, 0.2) is 47.4 Å². The van der Waals surface area contributed by atoms with Crippen molar-refractivity contribution in [1.82, 2.24) is 9.62 Å². The molecule has 0 radical (unpaired) electrons. The largest absolute Gasteiger partial charge is 0.495 e. The summed E-state index contributed by atoms with van der Waals surface area (Å²) in [7, 11) is -1.31. The zero-order chi connectivity index (χ0) is 24.9. The minimum absolute atomic E-state index is 0.0843. The number of amides is 1. The highest BCUT2D eigenvalue weighted by molar-refractivity contribution is 7.89. The number of hydrogen-bond acceptors (Lipinski definition) is 6. The van der Waals surface area contributed by atoms with Crippen LogP contribution >= 0.6 is 0 Å². The van der Waals surface area contributed by atoms with Crippen LogP contribution in [0.4, 0.5) is 4.39 Å². The van der Waals surface area contributed by atoms with Gasteiger partial charge in [0.05, 0.1) is 26.7 Å². The van der Waals surface area contributed by atoms with E-state index in [9.17, 15) is 22.4 Å². The summed E-state index contributed by atoms with van der Waals surface area (Å²) >= 11 is 0. The molecule has 0 aliphatic carbocycles. The van der Waals surface area contributed by atoms with E-state index in [1.807, 2.05) is 6.92 Å². The summed E-state index contributed by atoms with van der Waals surface area (Å²) in [6.07, 6.45) is 2.30. The molecule has 1 amide bonds. The smallest absolute Gasteiger partial charge is 0.307 e. The Balaban J connectivity index is 1.93. The molecule has 0 bridgehead atoms. The summed E-state index contributed by atoms with van der Waals surface area (Å²) in [5.74, 6) is -1.47. The standard InChI is InChI=1S/C24H29FN2O6S/c1-16-6-4-5-13-27(16)34(30,31)22-14-18(9-12-21(22)32-2)24(29)26-20(15-23(28)33-3)17-7-10-19(25)11-8-17/h7-12,14,16,20H,4-6,13,15H2,1-3H3,(H,26,29). The lowest BCUT2D eigenvalue weighted by atomic mass is 10.0. The third-order valence-electron chi connectivity index (χ3n) is 5.93. The van der Waals surface area contributed by atoms with E-state index in [1.54, 1.807) is 0 Å². The van der Waals surface area contributed by atoms with E-state index in [4.69, 9.17) is 9.47 Å². The first-order valence-corrected chi connectivity index (χ1v) is 12.4. The molecule has 2 atom stereocenters. The molecule has 0 saturated carbocycles. The van der Waals surface area contributed by atoms with Crippen molar-refractivity contribution in [2.45, 2.75) is 49.6 Å². The van der Waals surface area contributed by atoms with E-state index in [0.717, 1.165) is 19.3 Å². The topological polar surface area (TPSA) is 102 Å². The van der Waals surface area contributed by atoms with Gasteiger partial charge in [0, 0.05) is 18.2 Å². The number of ether oxygens (including phenoxy) is 2. The number of nitrogens with one attached hydrogen (secondary N) is 1. The fourth-order valence-corrected chi connectivity index (χ4v) is 5.90. The minimum atomic E-state index is -3.91. The number of piperidine rings is 1. The van der Waals surface area contributed by atoms with Gasteiger partial charge in [-0.2, -0.15) is 4.31 Å². The first-order chi connectivity index (χ1) is 16.2. The maximum Gasteiger partial charge on any atom is 0.307 e. The lowest BCUT2D eigenvalue weighted by Gasteiger charge is -2.32. The number of hydrogen-bond donors (Lipinski definition) is 1. The Hall–Kier alpha value is -2.98. The van der Waals surface area contributed by atoms with Crippen molar-refractivity contribution in [3.8, 4) is 5.75 Å². The molecule has 0 aromatic heterocycles. The van der Waals surface area contributed by atoms with Gasteiger partial charge in [0.25, 0.3) is 5.91 Å². The van der Waals surface area contributed by atoms with Crippen LogP contribution in [0.2, 0.25) is 0 Å². The maximum atomic E-state index is 13.4. The molecule has 8 nitrogen and oxygen atoms in total. The van der Waals surface area contributed by atoms with E-state index in [-0.39, 0.29) is 28.7 Å². The van der Waals surface area contributed by atoms with Crippen LogP contribution in [0.1, 0.15) is 54.6 Å². The van der Waals surface area contributed by atoms with Gasteiger partial charge in [-0.25, -0.2) is 12.8 Å². The van der Waals surface area contributed by atoms with E-state index in [0.29, 0.717) is 12.1 Å². The third-order valence-corrected chi connectivity index (χ3v) is 7.97. The predicted molar refractivity (Wildman–Crippen MR) is 123 cm³/mol. The molecule has 34 heavy (non-hydrogen) atoms. The lowest BCUT2D eigenvalue weighted by molar-refractivity contribution is -0.141. The highest BCUT2D eigenvalue weighted by Crippen LogP contribution is 2.32. The van der Waals surface area contributed by atoms with Crippen molar-refractivity contribution in [3.63, 3.8) is 0 Å². The zero-order valence-electron chi connectivity index (χ0n) is 19.4. The van der Waals surface area contributed by atoms with E-state index in [1.165, 1.54) is 61.0 Å². The highest BCUT2D eigenvalue weighted by atomic mass is 32.2. The van der Waals surface area contributed by atoms with E-state index < -0.39 is 33.8 Å². The summed E-state index contributed by atoms with van der Waals surface area (Å²) in [5.41, 5.74) is 0.588. The van der Waals surface area contributed by atoms with Gasteiger partial charge in [0.15, 0.2) is 0 Å². The summed E-state index contributed by atoms with van der Waals surface area (Å²) in [4.78, 5) is 24.9. The molecule has 1 N–H and O–H groups in total. The molecule has 1 saturated heterocycles. The summed E-state index contributed by atoms with van der Waals surface area (Å²) in [6, 6.07) is 8.58. The maximum absolute atomic E-state index is 13.4. The number of carbonyl (C=O) groups excluding carboxylic acids is 2. The Morgan fingerprint density at radius 3 is 2.47 bits per heavy atom. The number of halogens is 1. The molecule has 1 fully saturated rings. The molecule has 1 heterocycles. The highest BCUT2D eigenvalue weighted by Gasteiger charge is 2.34. The first kappa shape index (κ1) is 25.6. The number of nitrogens with zero attached hydrogens (tertiary/aromatic N) is 1. The van der Waals surface area contributed by atoms with Crippen LogP contribution in [0.5, 0.6) is 5.75 Å². The van der Waals surface area contributed by atoms with Crippen LogP contribution in [0, 0.1) is 5.82 Å². The number of esters is 1. The normalized spacial score (nSPS) is 17.6. The second-order valence-corrected chi connectivity index (χ2v) is 10.0. The van der Waals surface area contributed by atoms with Crippen LogP contribution in [0.25, 0.3) is 0 Å². The van der Waals surface area contributed by atoms with Crippen molar-refractivity contribution < 1.29 is 31.9 Å². The molecule has 1 aliphatic rings. The number of carbonyl (C=O) groups is 2. The average molecular weight is 493 g/mol. The molecule has 184 valence electrons. The van der Waals surface area contributed by atoms with Gasteiger partial charge >= 0.3 is 5.97 Å². The predicted octanol–water partition coefficient (Wildman–Crippen LogP) is 3.43. The number of benzene rings is 2. The second kappa shape index (κ2) is 11.0. The van der Waals surface area contributed by atoms with Gasteiger partial charge in [-0.15, -0.1) is 0 Å². The third kappa shape index (κ3) is 5.74. The molecule has 0 spiro atoms. The lowest BCUT2D eigenvalue weighted by Crippen LogP contribution is -2.42. The van der Waals surface area contributed by atoms with Crippen molar-refractivity contribution in [2.24, 2.45) is 0 Å². The fraction of sp³-hybridized carbons (Fsp3) is 0.417. The van der Waals surface area contributed by atoms with Crippen LogP contribution in [-0.4, -0.2) is 51.4 Å². The molecule has 3 rings (SSSR count). The minimum Gasteiger partial charge on any atom is -0.495 e. The van der Waals surface area contributed by atoms with Gasteiger partial charge in [-0.1, -0.05) is 18.6 Å². The number of methoxy groups -OCH3 is 2. The van der Waals surface area contributed by atoms with Crippen LogP contribution in [0.3, 0.4) is 0 Å². The Kier molecular flexibility index (Phi) is 8.27. The zero-order valence-corrected chi connectivity index (χ0v) is 20.2. The molecular weight excluding hydrogens is 463 g/mol. The van der Waals surface area contributed by atoms with Crippen molar-refractivity contribution in [1.29, 1.82) is 0 Å². The van der Waals surface area contributed by atoms with Crippen LogP contribution in [-0.2, 0) is 19.6 Å². The fourth-order valence-electron chi connectivity index (χ4n) is 4.01. The molecule has 2 unspecified atom stereocenters. The van der Waals surface area contributed by atoms with Gasteiger partial charge in [-0.3, -0.25) is 9.59 Å². The number of sulfonamides is 1. The molecule has 2 aromatic carbocycles. The quantitative estimate of drug-likeness (QED) is 0.567. The Morgan fingerprint density at radius 2 is 1.85 bits per heavy atom. The monoisotopic (exact) mass is 492 g/mol. The van der Waals surface area contributed by atoms with Crippen molar-refractivity contribution in [3.05, 3.63) is 59.4 Å². The van der Waals surface area contributed by atoms with Crippen LogP contribution < -0.4 is 10.1 Å². The van der Waals surface area contributed by atoms with Crippen molar-refractivity contribution >= 4 is 21.9 Å². The van der Waals surface area contributed by atoms with Gasteiger partial charge in [-0.05, 0) is 55.7 Å². The van der Waals surface area contributed by atoms with E-state index in [2.05, 4.69) is 5.32 Å². The summed E-state index contributed by atoms with van der Waals surface area (Å²) in [6.45, 7) is 2.26. The second-order valence-electron chi connectivity index (χ2n) is 8.18. The summed E-state index contributed by atoms with van der Waals surface area (Å²) in [5, 5.41) is 2.73. The summed E-state index contributed by atoms with van der Waals surface area (Å²) < 4.78 is 51.7. The van der Waals surface area contributed by atoms with Gasteiger partial charge in [0.2, 0.25) is 10.0 Å². The van der Waals surface area contributed by atoms with E-state index >= 15 is 0 Å². The van der Waals surface area contributed by atoms with Crippen molar-refractivity contribution in [2.75, 3.05) is 20.8 Å². The van der Waals surface area contributed by atoms with Gasteiger partial charge in [0.1, 0.15) is 16.5 Å². The number of rotatable bonds is 8. The van der Waals surface area contributed by atoms with Gasteiger partial charge < -0.3 is 14.8 Å². The Bertz CT molecular complexity index is 1140. The SMILES string of the molecule is COC(=O)CC(NC(=O)c1ccc(OC)c(S(=O)(=O)N2CCCCC2C)c1)c1ccc(F)cc1. The average Bonchev–Trinajstić information content (AvgIpc) is 2.83. The molecule has 10 heteroatoms. The Morgan fingerprint density at radius 1 is 1.15 bits per heavy atom. The molecular formula is C24H29FN2O6S. The Labute approximate surface area is 199 Å². The molecule has 2 aromatic rings. The first-order valence-electron chi connectivity index (χ1n) is 11.0. The molecule has 1 aliphatic heterocycles.